The molecule has 2 atom stereocenters. The highest BCUT2D eigenvalue weighted by molar-refractivity contribution is 8.01. The normalized spacial score (nSPS) is 34.0. The Labute approximate surface area is 108 Å². The maximum absolute atomic E-state index is 12.7. The van der Waals surface area contributed by atoms with E-state index in [-0.39, 0.29) is 4.75 Å². The number of rotatable bonds is 3. The van der Waals surface area contributed by atoms with Crippen molar-refractivity contribution in [2.45, 2.75) is 56.2 Å². The van der Waals surface area contributed by atoms with E-state index >= 15 is 0 Å². The molecule has 0 aliphatic carbocycles. The second kappa shape index (κ2) is 5.61. The van der Waals surface area contributed by atoms with Crippen LogP contribution in [0.1, 0.15) is 45.4 Å². The molecule has 0 aromatic rings. The molecule has 2 aliphatic heterocycles. The zero-order valence-electron chi connectivity index (χ0n) is 10.8. The van der Waals surface area contributed by atoms with Gasteiger partial charge in [0, 0.05) is 12.6 Å². The molecule has 2 aliphatic rings. The zero-order chi connectivity index (χ0) is 12.3. The van der Waals surface area contributed by atoms with Crippen molar-refractivity contribution in [3.05, 3.63) is 0 Å². The lowest BCUT2D eigenvalue weighted by atomic mass is 9.95. The monoisotopic (exact) mass is 256 g/mol. The van der Waals surface area contributed by atoms with E-state index in [4.69, 9.17) is 5.73 Å². The average molecular weight is 256 g/mol. The van der Waals surface area contributed by atoms with Crippen molar-refractivity contribution >= 4 is 17.7 Å². The van der Waals surface area contributed by atoms with Gasteiger partial charge in [-0.15, -0.1) is 11.8 Å². The van der Waals surface area contributed by atoms with Crippen LogP contribution in [0.5, 0.6) is 0 Å². The van der Waals surface area contributed by atoms with Crippen LogP contribution in [0, 0.1) is 0 Å². The fourth-order valence-electron chi connectivity index (χ4n) is 3.01. The van der Waals surface area contributed by atoms with E-state index in [1.54, 1.807) is 0 Å². The van der Waals surface area contributed by atoms with Gasteiger partial charge in [-0.2, -0.15) is 0 Å². The number of nitrogens with two attached hydrogens (primary N) is 1. The minimum Gasteiger partial charge on any atom is -0.338 e. The topological polar surface area (TPSA) is 46.3 Å². The molecule has 3 nitrogen and oxygen atoms in total. The quantitative estimate of drug-likeness (QED) is 0.840. The van der Waals surface area contributed by atoms with Gasteiger partial charge in [0.2, 0.25) is 5.91 Å². The summed E-state index contributed by atoms with van der Waals surface area (Å²) in [6.07, 6.45) is 6.74. The summed E-state index contributed by atoms with van der Waals surface area (Å²) < 4.78 is -0.149. The van der Waals surface area contributed by atoms with Crippen molar-refractivity contribution in [3.63, 3.8) is 0 Å². The molecule has 0 bridgehead atoms. The number of hydrogen-bond donors (Lipinski definition) is 1. The van der Waals surface area contributed by atoms with Crippen molar-refractivity contribution < 1.29 is 4.79 Å². The molecule has 2 unspecified atom stereocenters. The fraction of sp³-hybridized carbons (Fsp3) is 0.923. The number of hydrogen-bond acceptors (Lipinski definition) is 3. The smallest absolute Gasteiger partial charge is 0.238 e. The van der Waals surface area contributed by atoms with E-state index in [0.29, 0.717) is 18.5 Å². The molecule has 2 saturated heterocycles. The van der Waals surface area contributed by atoms with Gasteiger partial charge in [0.1, 0.15) is 0 Å². The SMILES string of the molecule is CC1(C(=O)N2CCCCC2CCN)CCCS1. The highest BCUT2D eigenvalue weighted by atomic mass is 32.2. The molecule has 0 radical (unpaired) electrons. The molecule has 98 valence electrons. The van der Waals surface area contributed by atoms with Crippen LogP contribution in [0.15, 0.2) is 0 Å². The van der Waals surface area contributed by atoms with Gasteiger partial charge < -0.3 is 10.6 Å². The van der Waals surface area contributed by atoms with Gasteiger partial charge in [0.05, 0.1) is 4.75 Å². The molecule has 17 heavy (non-hydrogen) atoms. The van der Waals surface area contributed by atoms with Gasteiger partial charge in [-0.1, -0.05) is 0 Å². The maximum Gasteiger partial charge on any atom is 0.238 e. The maximum atomic E-state index is 12.7. The number of carbonyl (C=O) groups is 1. The number of likely N-dealkylation sites (tertiary alicyclic amines) is 1. The van der Waals surface area contributed by atoms with Crippen LogP contribution in [0.25, 0.3) is 0 Å². The average Bonchev–Trinajstić information content (AvgIpc) is 2.78. The lowest BCUT2D eigenvalue weighted by molar-refractivity contribution is -0.137. The van der Waals surface area contributed by atoms with E-state index in [1.807, 2.05) is 11.8 Å². The Morgan fingerprint density at radius 1 is 1.47 bits per heavy atom. The molecular weight excluding hydrogens is 232 g/mol. The Morgan fingerprint density at radius 3 is 2.94 bits per heavy atom. The third-order valence-electron chi connectivity index (χ3n) is 4.06. The molecule has 2 rings (SSSR count). The molecular formula is C13H24N2OS. The van der Waals surface area contributed by atoms with Crippen LogP contribution in [-0.2, 0) is 4.79 Å². The minimum atomic E-state index is -0.149. The highest BCUT2D eigenvalue weighted by Crippen LogP contribution is 2.40. The second-order valence-electron chi connectivity index (χ2n) is 5.41. The lowest BCUT2D eigenvalue weighted by Crippen LogP contribution is -2.51. The molecule has 0 saturated carbocycles. The molecule has 0 aromatic heterocycles. The van der Waals surface area contributed by atoms with Crippen LogP contribution in [0.3, 0.4) is 0 Å². The van der Waals surface area contributed by atoms with E-state index in [0.717, 1.165) is 38.0 Å². The summed E-state index contributed by atoms with van der Waals surface area (Å²) in [7, 11) is 0. The van der Waals surface area contributed by atoms with Crippen LogP contribution in [-0.4, -0.2) is 40.4 Å². The van der Waals surface area contributed by atoms with Crippen molar-refractivity contribution in [2.75, 3.05) is 18.8 Å². The first-order valence-corrected chi connectivity index (χ1v) is 7.81. The van der Waals surface area contributed by atoms with Crippen LogP contribution >= 0.6 is 11.8 Å². The Hall–Kier alpha value is -0.220. The summed E-state index contributed by atoms with van der Waals surface area (Å²) in [5.74, 6) is 1.51. The van der Waals surface area contributed by atoms with Gasteiger partial charge in [-0.25, -0.2) is 0 Å². The number of amides is 1. The summed E-state index contributed by atoms with van der Waals surface area (Å²) in [5, 5.41) is 0. The summed E-state index contributed by atoms with van der Waals surface area (Å²) in [6.45, 7) is 3.76. The summed E-state index contributed by atoms with van der Waals surface area (Å²) in [6, 6.07) is 0.402. The molecule has 4 heteroatoms. The Morgan fingerprint density at radius 2 is 2.29 bits per heavy atom. The largest absolute Gasteiger partial charge is 0.338 e. The van der Waals surface area contributed by atoms with Gasteiger partial charge in [-0.3, -0.25) is 4.79 Å². The number of nitrogens with zero attached hydrogens (tertiary/aromatic N) is 1. The van der Waals surface area contributed by atoms with Crippen LogP contribution in [0.4, 0.5) is 0 Å². The first-order chi connectivity index (χ1) is 8.17. The van der Waals surface area contributed by atoms with E-state index in [2.05, 4.69) is 11.8 Å². The van der Waals surface area contributed by atoms with E-state index < -0.39 is 0 Å². The Kier molecular flexibility index (Phi) is 4.36. The van der Waals surface area contributed by atoms with Crippen molar-refractivity contribution in [3.8, 4) is 0 Å². The van der Waals surface area contributed by atoms with Crippen LogP contribution < -0.4 is 5.73 Å². The van der Waals surface area contributed by atoms with Crippen molar-refractivity contribution in [2.24, 2.45) is 5.73 Å². The third-order valence-corrected chi connectivity index (χ3v) is 5.57. The third kappa shape index (κ3) is 2.79. The fourth-order valence-corrected chi connectivity index (χ4v) is 4.28. The summed E-state index contributed by atoms with van der Waals surface area (Å²) in [5.41, 5.74) is 5.66. The van der Waals surface area contributed by atoms with Crippen LogP contribution in [0.2, 0.25) is 0 Å². The predicted octanol–water partition coefficient (Wildman–Crippen LogP) is 2.00. The molecule has 1 amide bonds. The van der Waals surface area contributed by atoms with Gasteiger partial charge >= 0.3 is 0 Å². The summed E-state index contributed by atoms with van der Waals surface area (Å²) >= 11 is 1.84. The first kappa shape index (κ1) is 13.2. The second-order valence-corrected chi connectivity index (χ2v) is 7.01. The van der Waals surface area contributed by atoms with E-state index in [9.17, 15) is 4.79 Å². The molecule has 2 fully saturated rings. The number of piperidine rings is 1. The van der Waals surface area contributed by atoms with Gasteiger partial charge in [0.15, 0.2) is 0 Å². The Balaban J connectivity index is 2.05. The summed E-state index contributed by atoms with van der Waals surface area (Å²) in [4.78, 5) is 14.8. The zero-order valence-corrected chi connectivity index (χ0v) is 11.6. The Bertz CT molecular complexity index is 275. The molecule has 0 spiro atoms. The van der Waals surface area contributed by atoms with E-state index in [1.165, 1.54) is 12.8 Å². The molecule has 0 aromatic carbocycles. The lowest BCUT2D eigenvalue weighted by Gasteiger charge is -2.40. The van der Waals surface area contributed by atoms with Crippen molar-refractivity contribution in [1.29, 1.82) is 0 Å². The minimum absolute atomic E-state index is 0.149. The number of thioether (sulfide) groups is 1. The standard InChI is InChI=1S/C13H24N2OS/c1-13(7-4-10-17-13)12(16)15-9-3-2-5-11(15)6-8-14/h11H,2-10,14H2,1H3. The van der Waals surface area contributed by atoms with Gasteiger partial charge in [-0.05, 0) is 57.7 Å². The number of carbonyl (C=O) groups excluding carboxylic acids is 1. The molecule has 2 N–H and O–H groups in total. The first-order valence-electron chi connectivity index (χ1n) is 6.82. The highest BCUT2D eigenvalue weighted by Gasteiger charge is 2.42. The molecule has 2 heterocycles. The predicted molar refractivity (Wildman–Crippen MR) is 73.1 cm³/mol. The van der Waals surface area contributed by atoms with Crippen molar-refractivity contribution in [1.82, 2.24) is 4.90 Å². The van der Waals surface area contributed by atoms with Gasteiger partial charge in [0.25, 0.3) is 0 Å².